The number of benzene rings is 1. The van der Waals surface area contributed by atoms with Gasteiger partial charge in [-0.05, 0) is 12.1 Å². The van der Waals surface area contributed by atoms with Crippen LogP contribution in [0.3, 0.4) is 0 Å². The molecule has 2 rings (SSSR count). The topological polar surface area (TPSA) is 115 Å². The molecular weight excluding hydrogens is 250 g/mol. The van der Waals surface area contributed by atoms with Crippen LogP contribution in [0.25, 0.3) is 6.08 Å². The lowest BCUT2D eigenvalue weighted by atomic mass is 10.2. The molecule has 7 nitrogen and oxygen atoms in total. The highest BCUT2D eigenvalue weighted by molar-refractivity contribution is 7.96. The van der Waals surface area contributed by atoms with Crippen molar-refractivity contribution in [2.24, 2.45) is 0 Å². The highest BCUT2D eigenvalue weighted by atomic mass is 32.2. The third-order valence-corrected chi connectivity index (χ3v) is 4.10. The first-order chi connectivity index (χ1) is 7.84. The van der Waals surface area contributed by atoms with Crippen LogP contribution in [-0.4, -0.2) is 24.4 Å². The van der Waals surface area contributed by atoms with Gasteiger partial charge in [0.2, 0.25) is 9.84 Å². The normalized spacial score (nSPS) is 16.1. The fourth-order valence-electron chi connectivity index (χ4n) is 1.52. The Hall–Kier alpha value is -2.22. The van der Waals surface area contributed by atoms with Crippen molar-refractivity contribution in [2.75, 3.05) is 0 Å². The van der Waals surface area contributed by atoms with Gasteiger partial charge in [0, 0.05) is 17.7 Å². The molecule has 88 valence electrons. The fourth-order valence-corrected chi connectivity index (χ4v) is 2.95. The molecule has 0 amide bonds. The van der Waals surface area contributed by atoms with Gasteiger partial charge in [0.1, 0.15) is 0 Å². The van der Waals surface area contributed by atoms with Crippen molar-refractivity contribution in [1.82, 2.24) is 0 Å². The van der Waals surface area contributed by atoms with Gasteiger partial charge < -0.3 is 5.11 Å². The first-order valence-electron chi connectivity index (χ1n) is 4.32. The Morgan fingerprint density at radius 1 is 1.35 bits per heavy atom. The van der Waals surface area contributed by atoms with Gasteiger partial charge in [-0.15, -0.1) is 0 Å². The number of nitro groups is 1. The van der Waals surface area contributed by atoms with Crippen LogP contribution in [0.2, 0.25) is 0 Å². The molecule has 0 aromatic heterocycles. The molecule has 0 atom stereocenters. The highest BCUT2D eigenvalue weighted by Crippen LogP contribution is 2.34. The van der Waals surface area contributed by atoms with Crippen LogP contribution in [0, 0.1) is 10.1 Å². The van der Waals surface area contributed by atoms with E-state index in [2.05, 4.69) is 0 Å². The average Bonchev–Trinajstić information content (AvgIpc) is 2.50. The Labute approximate surface area is 95.1 Å². The number of non-ortho nitro benzene ring substituents is 1. The summed E-state index contributed by atoms with van der Waals surface area (Å²) in [5.74, 6) is -1.58. The molecule has 0 fully saturated rings. The third kappa shape index (κ3) is 1.58. The number of carboxylic acid groups (broad SMARTS) is 1. The number of aliphatic carboxylic acids is 1. The zero-order chi connectivity index (χ0) is 12.8. The van der Waals surface area contributed by atoms with E-state index in [4.69, 9.17) is 5.11 Å². The van der Waals surface area contributed by atoms with E-state index >= 15 is 0 Å². The highest BCUT2D eigenvalue weighted by Gasteiger charge is 2.35. The van der Waals surface area contributed by atoms with Crippen LogP contribution >= 0.6 is 0 Å². The van der Waals surface area contributed by atoms with Crippen molar-refractivity contribution < 1.29 is 23.2 Å². The van der Waals surface area contributed by atoms with E-state index in [1.54, 1.807) is 0 Å². The van der Waals surface area contributed by atoms with Gasteiger partial charge >= 0.3 is 5.97 Å². The van der Waals surface area contributed by atoms with E-state index in [-0.39, 0.29) is 16.1 Å². The number of carbonyl (C=O) groups is 1. The van der Waals surface area contributed by atoms with Crippen molar-refractivity contribution in [3.63, 3.8) is 0 Å². The molecule has 1 heterocycles. The molecule has 0 saturated heterocycles. The maximum Gasteiger partial charge on any atom is 0.347 e. The van der Waals surface area contributed by atoms with Gasteiger partial charge in [-0.2, -0.15) is 0 Å². The third-order valence-electron chi connectivity index (χ3n) is 2.28. The van der Waals surface area contributed by atoms with E-state index in [1.807, 2.05) is 0 Å². The molecule has 0 unspecified atom stereocenters. The van der Waals surface area contributed by atoms with Crippen LogP contribution < -0.4 is 0 Å². The second-order valence-corrected chi connectivity index (χ2v) is 5.18. The largest absolute Gasteiger partial charge is 0.477 e. The number of hydrogen-bond acceptors (Lipinski definition) is 5. The summed E-state index contributed by atoms with van der Waals surface area (Å²) in [6, 6.07) is 3.09. The summed E-state index contributed by atoms with van der Waals surface area (Å²) in [5, 5.41) is 19.2. The van der Waals surface area contributed by atoms with Crippen molar-refractivity contribution in [1.29, 1.82) is 0 Å². The van der Waals surface area contributed by atoms with Crippen LogP contribution in [0.15, 0.2) is 28.0 Å². The fraction of sp³-hybridized carbons (Fsp3) is 0. The minimum Gasteiger partial charge on any atom is -0.477 e. The number of nitrogens with zero attached hydrogens (tertiary/aromatic N) is 1. The number of hydrogen-bond donors (Lipinski definition) is 1. The maximum absolute atomic E-state index is 11.7. The SMILES string of the molecule is O=C(O)C1=Cc2cc([N+](=O)[O-])ccc2S1(=O)=O. The van der Waals surface area contributed by atoms with Crippen molar-refractivity contribution in [3.8, 4) is 0 Å². The summed E-state index contributed by atoms with van der Waals surface area (Å²) >= 11 is 0. The zero-order valence-corrected chi connectivity index (χ0v) is 8.97. The molecule has 0 spiro atoms. The lowest BCUT2D eigenvalue weighted by Gasteiger charge is -1.99. The molecular formula is C9H5NO6S. The summed E-state index contributed by atoms with van der Waals surface area (Å²) in [6.45, 7) is 0. The number of carboxylic acids is 1. The Bertz CT molecular complexity index is 673. The van der Waals surface area contributed by atoms with Crippen molar-refractivity contribution in [3.05, 3.63) is 38.8 Å². The van der Waals surface area contributed by atoms with E-state index in [1.165, 1.54) is 0 Å². The molecule has 1 N–H and O–H groups in total. The standard InChI is InChI=1S/C9H5NO6S/c11-9(12)8-4-5-3-6(10(13)14)1-2-7(5)17(8,15)16/h1-4H,(H,11,12). The molecule has 1 aliphatic rings. The molecule has 0 aliphatic carbocycles. The minimum absolute atomic E-state index is 0.0246. The van der Waals surface area contributed by atoms with Crippen LogP contribution in [0.4, 0.5) is 5.69 Å². The quantitative estimate of drug-likeness (QED) is 0.617. The second kappa shape index (κ2) is 3.39. The van der Waals surface area contributed by atoms with Gasteiger partial charge in [-0.1, -0.05) is 0 Å². The summed E-state index contributed by atoms with van der Waals surface area (Å²) in [5.41, 5.74) is -0.265. The molecule has 0 bridgehead atoms. The maximum atomic E-state index is 11.7. The first-order valence-corrected chi connectivity index (χ1v) is 5.81. The van der Waals surface area contributed by atoms with E-state index < -0.39 is 25.6 Å². The van der Waals surface area contributed by atoms with Gasteiger partial charge in [-0.3, -0.25) is 10.1 Å². The predicted octanol–water partition coefficient (Wildman–Crippen LogP) is 0.808. The number of rotatable bonds is 2. The van der Waals surface area contributed by atoms with Gasteiger partial charge in [0.05, 0.1) is 9.82 Å². The second-order valence-electron chi connectivity index (χ2n) is 3.30. The van der Waals surface area contributed by atoms with E-state index in [9.17, 15) is 23.3 Å². The Morgan fingerprint density at radius 2 is 2.00 bits per heavy atom. The number of fused-ring (bicyclic) bond motifs is 1. The number of nitro benzene ring substituents is 1. The Balaban J connectivity index is 2.69. The zero-order valence-electron chi connectivity index (χ0n) is 8.15. The molecule has 1 aromatic carbocycles. The molecule has 0 saturated carbocycles. The lowest BCUT2D eigenvalue weighted by molar-refractivity contribution is -0.384. The molecule has 17 heavy (non-hydrogen) atoms. The average molecular weight is 255 g/mol. The summed E-state index contributed by atoms with van der Waals surface area (Å²) in [7, 11) is -4.05. The van der Waals surface area contributed by atoms with Crippen LogP contribution in [0.1, 0.15) is 5.56 Å². The monoisotopic (exact) mass is 255 g/mol. The summed E-state index contributed by atoms with van der Waals surface area (Å²) < 4.78 is 23.4. The van der Waals surface area contributed by atoms with E-state index in [0.717, 1.165) is 24.3 Å². The molecule has 8 heteroatoms. The summed E-state index contributed by atoms with van der Waals surface area (Å²) in [4.78, 5) is 19.5. The molecule has 0 radical (unpaired) electrons. The molecule has 1 aromatic rings. The Kier molecular flexibility index (Phi) is 2.25. The number of sulfone groups is 1. The van der Waals surface area contributed by atoms with E-state index in [0.29, 0.717) is 0 Å². The van der Waals surface area contributed by atoms with Crippen LogP contribution in [-0.2, 0) is 14.6 Å². The molecule has 1 aliphatic heterocycles. The Morgan fingerprint density at radius 3 is 2.53 bits per heavy atom. The van der Waals surface area contributed by atoms with Crippen molar-refractivity contribution in [2.45, 2.75) is 4.90 Å². The van der Waals surface area contributed by atoms with Crippen molar-refractivity contribution >= 4 is 27.6 Å². The van der Waals surface area contributed by atoms with Crippen LogP contribution in [0.5, 0.6) is 0 Å². The smallest absolute Gasteiger partial charge is 0.347 e. The lowest BCUT2D eigenvalue weighted by Crippen LogP contribution is -2.09. The van der Waals surface area contributed by atoms with Gasteiger partial charge in [0.25, 0.3) is 5.69 Å². The first kappa shape index (κ1) is 11.3. The van der Waals surface area contributed by atoms with Gasteiger partial charge in [-0.25, -0.2) is 13.2 Å². The van der Waals surface area contributed by atoms with Gasteiger partial charge in [0.15, 0.2) is 4.91 Å². The minimum atomic E-state index is -4.05. The predicted molar refractivity (Wildman–Crippen MR) is 55.9 cm³/mol. The summed E-state index contributed by atoms with van der Waals surface area (Å²) in [6.07, 6.45) is 0.917.